The molecule has 0 saturated heterocycles. The minimum atomic E-state index is -4.36. The van der Waals surface area contributed by atoms with E-state index in [0.717, 1.165) is 70.6 Å². The number of phosphoric acid groups is 1. The Bertz CT molecular complexity index is 1510. The first-order valence-electron chi connectivity index (χ1n) is 32.0. The third-order valence-corrected chi connectivity index (χ3v) is 15.1. The van der Waals surface area contributed by atoms with Gasteiger partial charge in [-0.05, 0) is 77.0 Å². The third-order valence-electron chi connectivity index (χ3n) is 14.1. The molecule has 0 radical (unpaired) electrons. The van der Waals surface area contributed by atoms with Gasteiger partial charge in [0.15, 0.2) is 0 Å². The van der Waals surface area contributed by atoms with Crippen LogP contribution in [0.15, 0.2) is 85.1 Å². The highest BCUT2D eigenvalue weighted by Crippen LogP contribution is 2.43. The van der Waals surface area contributed by atoms with Crippen molar-refractivity contribution < 1.29 is 32.9 Å². The zero-order valence-electron chi connectivity index (χ0n) is 50.5. The normalized spacial score (nSPS) is 14.4. The lowest BCUT2D eigenvalue weighted by molar-refractivity contribution is -0.870. The summed E-state index contributed by atoms with van der Waals surface area (Å²) in [6.07, 6.45) is 81.4. The summed E-state index contributed by atoms with van der Waals surface area (Å²) in [7, 11) is 1.56. The second-order valence-electron chi connectivity index (χ2n) is 22.7. The summed E-state index contributed by atoms with van der Waals surface area (Å²) in [4.78, 5) is 23.3. The molecule has 3 unspecified atom stereocenters. The molecule has 0 aromatic heterocycles. The number of unbranched alkanes of at least 4 members (excludes halogenated alkanes) is 33. The van der Waals surface area contributed by atoms with E-state index in [1.165, 1.54) is 193 Å². The number of amides is 1. The number of likely N-dealkylation sites (N-methyl/N-ethyl adjacent to an activating group) is 1. The number of nitrogens with zero attached hydrogens (tertiary/aromatic N) is 1. The van der Waals surface area contributed by atoms with Crippen molar-refractivity contribution in [3.05, 3.63) is 85.1 Å². The first-order chi connectivity index (χ1) is 37.0. The Hall–Kier alpha value is -2.32. The zero-order chi connectivity index (χ0) is 55.6. The second-order valence-corrected chi connectivity index (χ2v) is 24.2. The van der Waals surface area contributed by atoms with Crippen molar-refractivity contribution >= 4 is 13.7 Å². The highest BCUT2D eigenvalue weighted by molar-refractivity contribution is 7.47. The monoisotopic (exact) mass is 1080 g/mol. The molecule has 0 bridgehead atoms. The number of hydrogen-bond acceptors (Lipinski definition) is 5. The number of phosphoric ester groups is 1. The van der Waals surface area contributed by atoms with Crippen LogP contribution in [0.1, 0.15) is 284 Å². The van der Waals surface area contributed by atoms with Crippen LogP contribution < -0.4 is 5.32 Å². The number of aliphatic hydroxyl groups is 1. The average Bonchev–Trinajstić information content (AvgIpc) is 3.38. The Balaban J connectivity index is 4.07. The molecule has 0 aliphatic rings. The molecule has 3 atom stereocenters. The Morgan fingerprint density at radius 3 is 1.21 bits per heavy atom. The largest absolute Gasteiger partial charge is 0.472 e. The van der Waals surface area contributed by atoms with Crippen LogP contribution in [0.5, 0.6) is 0 Å². The molecule has 9 heteroatoms. The van der Waals surface area contributed by atoms with Crippen LogP contribution in [0.3, 0.4) is 0 Å². The highest BCUT2D eigenvalue weighted by atomic mass is 31.2. The maximum Gasteiger partial charge on any atom is 0.472 e. The SMILES string of the molecule is CC/C=C\C/C=C\C/C=C\C/C=C\C/C=C\CCCCCCCCCCCCCCCCCCCCCC(=O)NC(COP(=O)(O)OCC[N+](C)(C)C)C(O)/C=C/CC/C=C/CCCCCCCCCCCCCCC. The highest BCUT2D eigenvalue weighted by Gasteiger charge is 2.27. The van der Waals surface area contributed by atoms with Crippen molar-refractivity contribution in [2.75, 3.05) is 40.9 Å². The Morgan fingerprint density at radius 2 is 0.803 bits per heavy atom. The van der Waals surface area contributed by atoms with Crippen LogP contribution >= 0.6 is 7.82 Å². The zero-order valence-corrected chi connectivity index (χ0v) is 51.4. The summed E-state index contributed by atoms with van der Waals surface area (Å²) < 4.78 is 23.7. The van der Waals surface area contributed by atoms with Gasteiger partial charge in [0.25, 0.3) is 0 Å². The molecular weight excluding hydrogens is 960 g/mol. The van der Waals surface area contributed by atoms with E-state index in [-0.39, 0.29) is 19.1 Å². The Labute approximate surface area is 471 Å². The number of carbonyl (C=O) groups excluding carboxylic acids is 1. The lowest BCUT2D eigenvalue weighted by atomic mass is 10.0. The predicted octanol–water partition coefficient (Wildman–Crippen LogP) is 20.0. The number of aliphatic hydroxyl groups excluding tert-OH is 1. The fraction of sp³-hybridized carbons (Fsp3) is 0.776. The van der Waals surface area contributed by atoms with E-state index in [0.29, 0.717) is 17.4 Å². The van der Waals surface area contributed by atoms with Crippen LogP contribution in [-0.2, 0) is 18.4 Å². The van der Waals surface area contributed by atoms with Crippen LogP contribution in [0.2, 0.25) is 0 Å². The molecule has 0 saturated carbocycles. The molecule has 8 nitrogen and oxygen atoms in total. The van der Waals surface area contributed by atoms with Gasteiger partial charge >= 0.3 is 7.82 Å². The van der Waals surface area contributed by atoms with Crippen molar-refractivity contribution in [3.63, 3.8) is 0 Å². The van der Waals surface area contributed by atoms with Crippen molar-refractivity contribution in [1.82, 2.24) is 5.32 Å². The quantitative estimate of drug-likeness (QED) is 0.0243. The summed E-state index contributed by atoms with van der Waals surface area (Å²) >= 11 is 0. The van der Waals surface area contributed by atoms with Gasteiger partial charge in [-0.1, -0.05) is 285 Å². The van der Waals surface area contributed by atoms with E-state index in [4.69, 9.17) is 9.05 Å². The molecule has 1 amide bonds. The summed E-state index contributed by atoms with van der Waals surface area (Å²) in [5.74, 6) is -0.185. The molecule has 0 aliphatic heterocycles. The van der Waals surface area contributed by atoms with E-state index in [1.807, 2.05) is 27.2 Å². The van der Waals surface area contributed by atoms with Gasteiger partial charge in [-0.2, -0.15) is 0 Å². The molecule has 442 valence electrons. The third kappa shape index (κ3) is 59.3. The van der Waals surface area contributed by atoms with Crippen molar-refractivity contribution in [1.29, 1.82) is 0 Å². The van der Waals surface area contributed by atoms with Crippen molar-refractivity contribution in [2.24, 2.45) is 0 Å². The van der Waals surface area contributed by atoms with Crippen molar-refractivity contribution in [3.8, 4) is 0 Å². The number of nitrogens with one attached hydrogen (secondary N) is 1. The van der Waals surface area contributed by atoms with Gasteiger partial charge in [-0.15, -0.1) is 0 Å². The minimum Gasteiger partial charge on any atom is -0.387 e. The number of allylic oxidation sites excluding steroid dienone is 13. The van der Waals surface area contributed by atoms with E-state index in [1.54, 1.807) is 6.08 Å². The molecular formula is C67H124N2O6P+. The summed E-state index contributed by atoms with van der Waals surface area (Å²) in [6.45, 7) is 4.70. The molecule has 0 aromatic rings. The molecule has 0 heterocycles. The Morgan fingerprint density at radius 1 is 0.461 bits per heavy atom. The van der Waals surface area contributed by atoms with Gasteiger partial charge < -0.3 is 19.8 Å². The number of carbonyl (C=O) groups is 1. The second kappa shape index (κ2) is 57.4. The predicted molar refractivity (Wildman–Crippen MR) is 332 cm³/mol. The summed E-state index contributed by atoms with van der Waals surface area (Å²) in [6, 6.07) is -0.866. The topological polar surface area (TPSA) is 105 Å². The van der Waals surface area contributed by atoms with E-state index in [2.05, 4.69) is 92.1 Å². The van der Waals surface area contributed by atoms with Gasteiger partial charge in [0.05, 0.1) is 39.9 Å². The maximum absolute atomic E-state index is 13.0. The first-order valence-corrected chi connectivity index (χ1v) is 33.5. The molecule has 0 aromatic carbocycles. The van der Waals surface area contributed by atoms with Crippen LogP contribution in [0.25, 0.3) is 0 Å². The van der Waals surface area contributed by atoms with Crippen LogP contribution in [-0.4, -0.2) is 73.4 Å². The minimum absolute atomic E-state index is 0.0550. The molecule has 3 N–H and O–H groups in total. The summed E-state index contributed by atoms with van der Waals surface area (Å²) in [5, 5.41) is 13.9. The molecule has 0 spiro atoms. The lowest BCUT2D eigenvalue weighted by Gasteiger charge is -2.25. The molecule has 0 rings (SSSR count). The molecule has 76 heavy (non-hydrogen) atoms. The maximum atomic E-state index is 13.0. The fourth-order valence-corrected chi connectivity index (χ4v) is 9.88. The smallest absolute Gasteiger partial charge is 0.387 e. The number of hydrogen-bond donors (Lipinski definition) is 3. The van der Waals surface area contributed by atoms with Gasteiger partial charge in [0, 0.05) is 6.42 Å². The number of quaternary nitrogens is 1. The van der Waals surface area contributed by atoms with E-state index >= 15 is 0 Å². The molecule has 0 aliphatic carbocycles. The summed E-state index contributed by atoms with van der Waals surface area (Å²) in [5.41, 5.74) is 0. The van der Waals surface area contributed by atoms with Gasteiger partial charge in [-0.25, -0.2) is 4.57 Å². The lowest BCUT2D eigenvalue weighted by Crippen LogP contribution is -2.45. The van der Waals surface area contributed by atoms with Crippen LogP contribution in [0.4, 0.5) is 0 Å². The van der Waals surface area contributed by atoms with Gasteiger partial charge in [0.2, 0.25) is 5.91 Å². The van der Waals surface area contributed by atoms with Crippen LogP contribution in [0, 0.1) is 0 Å². The standard InChI is InChI=1S/C67H123N2O6P/c1-6-8-10-12-14-16-18-20-22-24-26-27-28-29-30-31-32-33-34-35-36-37-38-39-40-41-43-45-47-49-51-53-55-57-59-61-67(71)68-65(64-75-76(72,73)74-63-62-69(3,4)5)66(70)60-58-56-54-52-50-48-46-44-42-25-23-21-19-17-15-13-11-9-7-2/h8,10,14,16,20,22,26-27,29-30,50,52,58,60,65-66,70H,6-7,9,11-13,15,17-19,21,23-25,28,31-49,51,53-57,59,61-64H2,1-5H3,(H-,68,71,72,73)/p+1/b10-8-,16-14-,22-20-,27-26-,30-29-,52-50+,60-58+. The van der Waals surface area contributed by atoms with E-state index in [9.17, 15) is 19.4 Å². The number of rotatable bonds is 58. The van der Waals surface area contributed by atoms with Gasteiger partial charge in [-0.3, -0.25) is 13.8 Å². The molecule has 0 fully saturated rings. The Kier molecular flexibility index (Phi) is 55.6. The first kappa shape index (κ1) is 73.7. The van der Waals surface area contributed by atoms with Gasteiger partial charge in [0.1, 0.15) is 13.2 Å². The van der Waals surface area contributed by atoms with Crippen molar-refractivity contribution in [2.45, 2.75) is 296 Å². The fourth-order valence-electron chi connectivity index (χ4n) is 9.15. The average molecular weight is 1080 g/mol. The van der Waals surface area contributed by atoms with E-state index < -0.39 is 20.0 Å².